The molecule has 0 fully saturated rings. The largest absolute Gasteiger partial charge is 0.370 e. The summed E-state index contributed by atoms with van der Waals surface area (Å²) in [6, 6.07) is 3.76. The van der Waals surface area contributed by atoms with Gasteiger partial charge in [-0.25, -0.2) is 13.8 Å². The maximum absolute atomic E-state index is 13.6. The summed E-state index contributed by atoms with van der Waals surface area (Å²) in [4.78, 5) is 14.8. The summed E-state index contributed by atoms with van der Waals surface area (Å²) in [5.74, 6) is -1.77. The van der Waals surface area contributed by atoms with Gasteiger partial charge in [-0.2, -0.15) is 0 Å². The molecule has 0 atom stereocenters. The molecule has 0 unspecified atom stereocenters. The zero-order chi connectivity index (χ0) is 13.3. The van der Waals surface area contributed by atoms with E-state index in [-0.39, 0.29) is 11.9 Å². The number of hydrogen-bond acceptors (Lipinski definition) is 2. The van der Waals surface area contributed by atoms with Crippen LogP contribution in [0.1, 0.15) is 17.7 Å². The molecule has 0 saturated carbocycles. The van der Waals surface area contributed by atoms with Crippen LogP contribution < -0.4 is 5.73 Å². The molecule has 1 heterocycles. The van der Waals surface area contributed by atoms with E-state index in [1.54, 1.807) is 13.0 Å². The van der Waals surface area contributed by atoms with Crippen LogP contribution in [0.15, 0.2) is 18.2 Å². The van der Waals surface area contributed by atoms with E-state index in [9.17, 15) is 13.6 Å². The second-order valence-electron chi connectivity index (χ2n) is 4.18. The van der Waals surface area contributed by atoms with E-state index in [1.807, 2.05) is 0 Å². The van der Waals surface area contributed by atoms with Gasteiger partial charge in [0, 0.05) is 23.6 Å². The van der Waals surface area contributed by atoms with Crippen molar-refractivity contribution in [1.82, 2.24) is 4.98 Å². The number of benzene rings is 1. The van der Waals surface area contributed by atoms with Crippen molar-refractivity contribution in [2.45, 2.75) is 19.8 Å². The van der Waals surface area contributed by atoms with E-state index in [0.29, 0.717) is 17.5 Å². The standard InChI is InChI=1S/C13H12F2N2O/c1-7-4-9(2-3-12(16)18)17-13-10(7)5-8(14)6-11(13)15/h4-6H,2-3H2,1H3,(H2,16,18). The predicted molar refractivity (Wildman–Crippen MR) is 63.9 cm³/mol. The molecule has 18 heavy (non-hydrogen) atoms. The van der Waals surface area contributed by atoms with Crippen molar-refractivity contribution in [3.63, 3.8) is 0 Å². The first-order chi connectivity index (χ1) is 8.47. The molecule has 5 heteroatoms. The van der Waals surface area contributed by atoms with Crippen molar-refractivity contribution in [3.8, 4) is 0 Å². The van der Waals surface area contributed by atoms with Gasteiger partial charge in [0.05, 0.1) is 0 Å². The van der Waals surface area contributed by atoms with Crippen molar-refractivity contribution < 1.29 is 13.6 Å². The number of hydrogen-bond donors (Lipinski definition) is 1. The number of pyridine rings is 1. The molecule has 0 radical (unpaired) electrons. The summed E-state index contributed by atoms with van der Waals surface area (Å²) in [6.45, 7) is 1.75. The number of aryl methyl sites for hydroxylation is 2. The molecule has 1 amide bonds. The van der Waals surface area contributed by atoms with E-state index >= 15 is 0 Å². The van der Waals surface area contributed by atoms with E-state index in [0.717, 1.165) is 11.6 Å². The number of rotatable bonds is 3. The number of nitrogens with two attached hydrogens (primary N) is 1. The lowest BCUT2D eigenvalue weighted by Crippen LogP contribution is -2.11. The Bertz CT molecular complexity index is 626. The quantitative estimate of drug-likeness (QED) is 0.908. The van der Waals surface area contributed by atoms with E-state index in [2.05, 4.69) is 4.98 Å². The van der Waals surface area contributed by atoms with Crippen molar-refractivity contribution in [3.05, 3.63) is 41.1 Å². The minimum Gasteiger partial charge on any atom is -0.370 e. The maximum Gasteiger partial charge on any atom is 0.217 e. The fourth-order valence-corrected chi connectivity index (χ4v) is 1.86. The van der Waals surface area contributed by atoms with Crippen LogP contribution >= 0.6 is 0 Å². The molecule has 1 aromatic carbocycles. The Morgan fingerprint density at radius 3 is 2.72 bits per heavy atom. The van der Waals surface area contributed by atoms with Gasteiger partial charge in [-0.15, -0.1) is 0 Å². The molecule has 1 aromatic heterocycles. The first-order valence-electron chi connectivity index (χ1n) is 5.51. The van der Waals surface area contributed by atoms with Gasteiger partial charge in [-0.1, -0.05) is 0 Å². The Balaban J connectivity index is 2.51. The highest BCUT2D eigenvalue weighted by molar-refractivity contribution is 5.83. The first-order valence-corrected chi connectivity index (χ1v) is 5.51. The Morgan fingerprint density at radius 2 is 2.06 bits per heavy atom. The minimum absolute atomic E-state index is 0.121. The second kappa shape index (κ2) is 4.68. The summed E-state index contributed by atoms with van der Waals surface area (Å²) < 4.78 is 26.7. The van der Waals surface area contributed by atoms with Crippen LogP contribution in [0, 0.1) is 18.6 Å². The van der Waals surface area contributed by atoms with Crippen molar-refractivity contribution in [2.75, 3.05) is 0 Å². The summed E-state index contributed by atoms with van der Waals surface area (Å²) in [5, 5.41) is 0.440. The van der Waals surface area contributed by atoms with Crippen LogP contribution in [0.3, 0.4) is 0 Å². The molecule has 2 rings (SSSR count). The highest BCUT2D eigenvalue weighted by Gasteiger charge is 2.10. The normalized spacial score (nSPS) is 10.8. The zero-order valence-corrected chi connectivity index (χ0v) is 9.84. The van der Waals surface area contributed by atoms with Gasteiger partial charge < -0.3 is 5.73 Å². The summed E-state index contributed by atoms with van der Waals surface area (Å²) in [7, 11) is 0. The third kappa shape index (κ3) is 2.45. The average molecular weight is 250 g/mol. The number of nitrogens with zero attached hydrogens (tertiary/aromatic N) is 1. The molecular weight excluding hydrogens is 238 g/mol. The van der Waals surface area contributed by atoms with E-state index < -0.39 is 17.5 Å². The van der Waals surface area contributed by atoms with Crippen molar-refractivity contribution in [2.24, 2.45) is 5.73 Å². The first kappa shape index (κ1) is 12.4. The molecule has 2 N–H and O–H groups in total. The topological polar surface area (TPSA) is 56.0 Å². The third-order valence-electron chi connectivity index (χ3n) is 2.72. The molecule has 0 spiro atoms. The van der Waals surface area contributed by atoms with Gasteiger partial charge in [-0.3, -0.25) is 4.79 Å². The molecule has 0 aliphatic rings. The van der Waals surface area contributed by atoms with Crippen LogP contribution in [0.25, 0.3) is 10.9 Å². The number of halogens is 2. The van der Waals surface area contributed by atoms with Gasteiger partial charge in [0.15, 0.2) is 5.82 Å². The molecule has 0 aliphatic carbocycles. The zero-order valence-electron chi connectivity index (χ0n) is 9.84. The number of carbonyl (C=O) groups is 1. The Morgan fingerprint density at radius 1 is 1.33 bits per heavy atom. The molecule has 0 saturated heterocycles. The van der Waals surface area contributed by atoms with Gasteiger partial charge in [0.1, 0.15) is 11.3 Å². The summed E-state index contributed by atoms with van der Waals surface area (Å²) in [6.07, 6.45) is 0.504. The van der Waals surface area contributed by atoms with Gasteiger partial charge >= 0.3 is 0 Å². The van der Waals surface area contributed by atoms with Crippen LogP contribution in [0.5, 0.6) is 0 Å². The number of fused-ring (bicyclic) bond motifs is 1. The number of amides is 1. The smallest absolute Gasteiger partial charge is 0.217 e. The number of primary amides is 1. The van der Waals surface area contributed by atoms with E-state index in [4.69, 9.17) is 5.73 Å². The van der Waals surface area contributed by atoms with Crippen LogP contribution in [0.4, 0.5) is 8.78 Å². The predicted octanol–water partition coefficient (Wildman–Crippen LogP) is 2.24. The lowest BCUT2D eigenvalue weighted by molar-refractivity contribution is -0.118. The molecule has 94 valence electrons. The fraction of sp³-hybridized carbons (Fsp3) is 0.231. The molecular formula is C13H12F2N2O. The van der Waals surface area contributed by atoms with Gasteiger partial charge in [0.25, 0.3) is 0 Å². The van der Waals surface area contributed by atoms with Crippen molar-refractivity contribution in [1.29, 1.82) is 0 Å². The van der Waals surface area contributed by atoms with Gasteiger partial charge in [-0.05, 0) is 31.0 Å². The highest BCUT2D eigenvalue weighted by atomic mass is 19.1. The maximum atomic E-state index is 13.6. The van der Waals surface area contributed by atoms with E-state index in [1.165, 1.54) is 6.07 Å². The molecule has 3 nitrogen and oxygen atoms in total. The molecule has 2 aromatic rings. The van der Waals surface area contributed by atoms with Crippen LogP contribution in [-0.4, -0.2) is 10.9 Å². The summed E-state index contributed by atoms with van der Waals surface area (Å²) >= 11 is 0. The fourth-order valence-electron chi connectivity index (χ4n) is 1.86. The Kier molecular flexibility index (Phi) is 3.23. The highest BCUT2D eigenvalue weighted by Crippen LogP contribution is 2.22. The van der Waals surface area contributed by atoms with Crippen LogP contribution in [0.2, 0.25) is 0 Å². The van der Waals surface area contributed by atoms with Crippen LogP contribution in [-0.2, 0) is 11.2 Å². The lowest BCUT2D eigenvalue weighted by atomic mass is 10.1. The molecule has 0 bridgehead atoms. The second-order valence-corrected chi connectivity index (χ2v) is 4.18. The third-order valence-corrected chi connectivity index (χ3v) is 2.72. The lowest BCUT2D eigenvalue weighted by Gasteiger charge is -2.07. The molecule has 0 aliphatic heterocycles. The average Bonchev–Trinajstić information content (AvgIpc) is 2.28. The minimum atomic E-state index is -0.700. The van der Waals surface area contributed by atoms with Crippen molar-refractivity contribution >= 4 is 16.8 Å². The summed E-state index contributed by atoms with van der Waals surface area (Å²) in [5.41, 5.74) is 6.47. The SMILES string of the molecule is Cc1cc(CCC(N)=O)nc2c(F)cc(F)cc12. The van der Waals surface area contributed by atoms with Gasteiger partial charge in [0.2, 0.25) is 5.91 Å². The Labute approximate surface area is 103 Å². The monoisotopic (exact) mass is 250 g/mol. The number of aromatic nitrogens is 1. The number of carbonyl (C=O) groups excluding carboxylic acids is 1. The Hall–Kier alpha value is -2.04.